The maximum atomic E-state index is 13.6. The van der Waals surface area contributed by atoms with Gasteiger partial charge in [-0.05, 0) is 36.4 Å². The summed E-state index contributed by atoms with van der Waals surface area (Å²) in [5.41, 5.74) is 1.37. The molecule has 0 bridgehead atoms. The number of carbonyl (C=O) groups excluding carboxylic acids is 1. The van der Waals surface area contributed by atoms with Gasteiger partial charge in [-0.25, -0.2) is 8.78 Å². The Morgan fingerprint density at radius 2 is 2.04 bits per heavy atom. The highest BCUT2D eigenvalue weighted by Gasteiger charge is 2.15. The van der Waals surface area contributed by atoms with E-state index < -0.39 is 17.5 Å². The summed E-state index contributed by atoms with van der Waals surface area (Å²) in [7, 11) is 0. The smallest absolute Gasteiger partial charge is 0.248 e. The molecule has 0 saturated heterocycles. The third-order valence-electron chi connectivity index (χ3n) is 3.21. The van der Waals surface area contributed by atoms with E-state index in [0.29, 0.717) is 22.6 Å². The highest BCUT2D eigenvalue weighted by atomic mass is 19.1. The van der Waals surface area contributed by atoms with Crippen LogP contribution in [0.3, 0.4) is 0 Å². The van der Waals surface area contributed by atoms with Crippen LogP contribution < -0.4 is 10.1 Å². The molecule has 0 unspecified atom stereocenters. The minimum absolute atomic E-state index is 0.0783. The Hall–Kier alpha value is -2.73. The standard InChI is InChI=1S/C17H13F2NO3/c18-13-2-1-3-15(8-13)20-16(21)5-4-11-6-14(19)7-12-9-22-10-23-17(11)12/h1-8H,9-10H2,(H,20,21)/b5-4+. The number of rotatable bonds is 3. The van der Waals surface area contributed by atoms with Crippen LogP contribution in [0.4, 0.5) is 14.5 Å². The lowest BCUT2D eigenvalue weighted by Crippen LogP contribution is -2.13. The summed E-state index contributed by atoms with van der Waals surface area (Å²) in [6.07, 6.45) is 2.68. The summed E-state index contributed by atoms with van der Waals surface area (Å²) in [6.45, 7) is 0.332. The molecule has 0 spiro atoms. The molecule has 2 aromatic carbocycles. The van der Waals surface area contributed by atoms with E-state index in [1.54, 1.807) is 6.07 Å². The van der Waals surface area contributed by atoms with E-state index in [1.807, 2.05) is 0 Å². The van der Waals surface area contributed by atoms with Crippen molar-refractivity contribution in [3.63, 3.8) is 0 Å². The summed E-state index contributed by atoms with van der Waals surface area (Å²) in [6, 6.07) is 8.15. The monoisotopic (exact) mass is 317 g/mol. The first-order chi connectivity index (χ1) is 11.1. The third kappa shape index (κ3) is 3.73. The molecule has 23 heavy (non-hydrogen) atoms. The van der Waals surface area contributed by atoms with Crippen LogP contribution >= 0.6 is 0 Å². The van der Waals surface area contributed by atoms with Gasteiger partial charge in [0.2, 0.25) is 5.91 Å². The normalized spacial score (nSPS) is 13.5. The third-order valence-corrected chi connectivity index (χ3v) is 3.21. The molecule has 1 aliphatic heterocycles. The average molecular weight is 317 g/mol. The molecule has 0 saturated carbocycles. The quantitative estimate of drug-likeness (QED) is 0.882. The van der Waals surface area contributed by atoms with E-state index >= 15 is 0 Å². The fraction of sp³-hybridized carbons (Fsp3) is 0.118. The predicted octanol–water partition coefficient (Wildman–Crippen LogP) is 3.48. The Labute approximate surface area is 131 Å². The average Bonchev–Trinajstić information content (AvgIpc) is 2.52. The van der Waals surface area contributed by atoms with Gasteiger partial charge in [-0.1, -0.05) is 6.07 Å². The van der Waals surface area contributed by atoms with Crippen molar-refractivity contribution in [2.45, 2.75) is 6.61 Å². The Kier molecular flexibility index (Phi) is 4.34. The van der Waals surface area contributed by atoms with Gasteiger partial charge in [0.15, 0.2) is 6.79 Å². The van der Waals surface area contributed by atoms with Gasteiger partial charge in [-0.2, -0.15) is 0 Å². The minimum atomic E-state index is -0.458. The molecule has 118 valence electrons. The number of ether oxygens (including phenoxy) is 2. The fourth-order valence-corrected chi connectivity index (χ4v) is 2.25. The molecule has 1 amide bonds. The number of carbonyl (C=O) groups is 1. The van der Waals surface area contributed by atoms with Crippen molar-refractivity contribution in [2.24, 2.45) is 0 Å². The molecule has 0 fully saturated rings. The fourth-order valence-electron chi connectivity index (χ4n) is 2.25. The van der Waals surface area contributed by atoms with Gasteiger partial charge in [0.05, 0.1) is 6.61 Å². The molecule has 4 nitrogen and oxygen atoms in total. The number of benzene rings is 2. The van der Waals surface area contributed by atoms with Crippen LogP contribution in [0.1, 0.15) is 11.1 Å². The van der Waals surface area contributed by atoms with Crippen molar-refractivity contribution >= 4 is 17.7 Å². The van der Waals surface area contributed by atoms with Gasteiger partial charge >= 0.3 is 0 Å². The van der Waals surface area contributed by atoms with Crippen molar-refractivity contribution in [1.82, 2.24) is 0 Å². The van der Waals surface area contributed by atoms with Crippen molar-refractivity contribution in [2.75, 3.05) is 12.1 Å². The molecule has 1 heterocycles. The second-order valence-corrected chi connectivity index (χ2v) is 4.93. The number of anilines is 1. The number of amides is 1. The summed E-state index contributed by atoms with van der Waals surface area (Å²) in [5.74, 6) is -0.851. The summed E-state index contributed by atoms with van der Waals surface area (Å²) >= 11 is 0. The van der Waals surface area contributed by atoms with Crippen molar-refractivity contribution in [3.8, 4) is 5.75 Å². The number of hydrogen-bond acceptors (Lipinski definition) is 3. The molecule has 0 aromatic heterocycles. The zero-order valence-electron chi connectivity index (χ0n) is 12.0. The lowest BCUT2D eigenvalue weighted by Gasteiger charge is -2.19. The maximum Gasteiger partial charge on any atom is 0.248 e. The van der Waals surface area contributed by atoms with Crippen molar-refractivity contribution in [1.29, 1.82) is 0 Å². The molecule has 0 radical (unpaired) electrons. The molecular formula is C17H13F2NO3. The summed E-state index contributed by atoms with van der Waals surface area (Å²) < 4.78 is 37.1. The van der Waals surface area contributed by atoms with Gasteiger partial charge in [-0.3, -0.25) is 4.79 Å². The Morgan fingerprint density at radius 1 is 1.17 bits per heavy atom. The van der Waals surface area contributed by atoms with Gasteiger partial charge in [0.25, 0.3) is 0 Å². The molecule has 1 aliphatic rings. The molecule has 0 atom stereocenters. The maximum absolute atomic E-state index is 13.6. The van der Waals surface area contributed by atoms with Crippen LogP contribution in [0.15, 0.2) is 42.5 Å². The lowest BCUT2D eigenvalue weighted by molar-refractivity contribution is -0.111. The topological polar surface area (TPSA) is 47.6 Å². The molecule has 0 aliphatic carbocycles. The van der Waals surface area contributed by atoms with Gasteiger partial charge in [0.1, 0.15) is 17.4 Å². The zero-order chi connectivity index (χ0) is 16.2. The van der Waals surface area contributed by atoms with Gasteiger partial charge in [0, 0.05) is 22.9 Å². The Morgan fingerprint density at radius 3 is 2.87 bits per heavy atom. The molecule has 1 N–H and O–H groups in total. The first kappa shape index (κ1) is 15.2. The Bertz CT molecular complexity index is 774. The number of hydrogen-bond donors (Lipinski definition) is 1. The molecular weight excluding hydrogens is 304 g/mol. The zero-order valence-corrected chi connectivity index (χ0v) is 12.0. The summed E-state index contributed by atoms with van der Waals surface area (Å²) in [5, 5.41) is 2.52. The highest BCUT2D eigenvalue weighted by molar-refractivity contribution is 6.02. The number of halogens is 2. The van der Waals surface area contributed by atoms with E-state index in [-0.39, 0.29) is 13.4 Å². The van der Waals surface area contributed by atoms with Crippen LogP contribution in [0, 0.1) is 11.6 Å². The van der Waals surface area contributed by atoms with Crippen LogP contribution in [-0.2, 0) is 16.1 Å². The first-order valence-electron chi connectivity index (χ1n) is 6.89. The van der Waals surface area contributed by atoms with Crippen LogP contribution in [-0.4, -0.2) is 12.7 Å². The molecule has 3 rings (SSSR count). The second kappa shape index (κ2) is 6.58. The second-order valence-electron chi connectivity index (χ2n) is 4.93. The van der Waals surface area contributed by atoms with E-state index in [4.69, 9.17) is 9.47 Å². The van der Waals surface area contributed by atoms with Crippen molar-refractivity contribution in [3.05, 3.63) is 65.2 Å². The number of nitrogens with one attached hydrogen (secondary N) is 1. The molecule has 6 heteroatoms. The van der Waals surface area contributed by atoms with E-state index in [0.717, 1.165) is 0 Å². The lowest BCUT2D eigenvalue weighted by atomic mass is 10.1. The summed E-state index contributed by atoms with van der Waals surface area (Å²) in [4.78, 5) is 11.9. The predicted molar refractivity (Wildman–Crippen MR) is 80.7 cm³/mol. The van der Waals surface area contributed by atoms with Crippen LogP contribution in [0.2, 0.25) is 0 Å². The largest absolute Gasteiger partial charge is 0.467 e. The minimum Gasteiger partial charge on any atom is -0.467 e. The van der Waals surface area contributed by atoms with Gasteiger partial charge in [-0.15, -0.1) is 0 Å². The van der Waals surface area contributed by atoms with E-state index in [9.17, 15) is 13.6 Å². The van der Waals surface area contributed by atoms with Crippen molar-refractivity contribution < 1.29 is 23.0 Å². The van der Waals surface area contributed by atoms with Gasteiger partial charge < -0.3 is 14.8 Å². The molecule has 2 aromatic rings. The van der Waals surface area contributed by atoms with E-state index in [2.05, 4.69) is 5.32 Å². The van der Waals surface area contributed by atoms with Crippen LogP contribution in [0.25, 0.3) is 6.08 Å². The Balaban J connectivity index is 1.77. The van der Waals surface area contributed by atoms with Crippen LogP contribution in [0.5, 0.6) is 5.75 Å². The first-order valence-corrected chi connectivity index (χ1v) is 6.89. The highest BCUT2D eigenvalue weighted by Crippen LogP contribution is 2.30. The van der Waals surface area contributed by atoms with E-state index in [1.165, 1.54) is 42.5 Å². The SMILES string of the molecule is O=C(/C=C/c1cc(F)cc2c1OCOC2)Nc1cccc(F)c1. The number of fused-ring (bicyclic) bond motifs is 1.